The third-order valence-electron chi connectivity index (χ3n) is 4.68. The molecule has 6 heteroatoms. The highest BCUT2D eigenvalue weighted by molar-refractivity contribution is 4.88. The van der Waals surface area contributed by atoms with Crippen LogP contribution in [0.5, 0.6) is 0 Å². The minimum Gasteiger partial charge on any atom is -0.395 e. The minimum absolute atomic E-state index is 0.156. The summed E-state index contributed by atoms with van der Waals surface area (Å²) in [4.78, 5) is 4.39. The van der Waals surface area contributed by atoms with E-state index in [1.165, 1.54) is 0 Å². The van der Waals surface area contributed by atoms with Gasteiger partial charge in [-0.15, -0.1) is 0 Å². The molecule has 2 fully saturated rings. The molecule has 6 nitrogen and oxygen atoms in total. The minimum atomic E-state index is -0.317. The molecular formula is C14H28N2O4. The average Bonchev–Trinajstić information content (AvgIpc) is 2.95. The zero-order valence-electron chi connectivity index (χ0n) is 12.7. The first-order valence-electron chi connectivity index (χ1n) is 7.54. The van der Waals surface area contributed by atoms with Crippen LogP contribution in [0.15, 0.2) is 0 Å². The van der Waals surface area contributed by atoms with Gasteiger partial charge in [0.2, 0.25) is 0 Å². The van der Waals surface area contributed by atoms with Crippen molar-refractivity contribution in [1.29, 1.82) is 0 Å². The van der Waals surface area contributed by atoms with Crippen LogP contribution in [-0.4, -0.2) is 84.1 Å². The van der Waals surface area contributed by atoms with Gasteiger partial charge in [0, 0.05) is 26.2 Å². The van der Waals surface area contributed by atoms with E-state index < -0.39 is 0 Å². The topological polar surface area (TPSA) is 65.4 Å². The van der Waals surface area contributed by atoms with E-state index in [1.54, 1.807) is 0 Å². The predicted molar refractivity (Wildman–Crippen MR) is 75.3 cm³/mol. The Morgan fingerprint density at radius 2 is 1.25 bits per heavy atom. The fraction of sp³-hybridized carbons (Fsp3) is 1.00. The van der Waals surface area contributed by atoms with Crippen molar-refractivity contribution in [2.24, 2.45) is 0 Å². The highest BCUT2D eigenvalue weighted by Gasteiger charge is 2.43. The van der Waals surface area contributed by atoms with Crippen LogP contribution in [-0.2, 0) is 9.47 Å². The summed E-state index contributed by atoms with van der Waals surface area (Å²) in [7, 11) is 0. The lowest BCUT2D eigenvalue weighted by Crippen LogP contribution is -2.48. The molecule has 0 aromatic rings. The Bertz CT molecular complexity index is 288. The molecule has 20 heavy (non-hydrogen) atoms. The Morgan fingerprint density at radius 1 is 0.850 bits per heavy atom. The molecule has 118 valence electrons. The number of β-amino-alcohol motifs (C(OH)–C–C–N with tert-alkyl or cyclic N) is 2. The summed E-state index contributed by atoms with van der Waals surface area (Å²) in [6.45, 7) is 8.96. The van der Waals surface area contributed by atoms with E-state index in [2.05, 4.69) is 23.6 Å². The van der Waals surface area contributed by atoms with E-state index in [0.29, 0.717) is 26.3 Å². The van der Waals surface area contributed by atoms with Crippen molar-refractivity contribution >= 4 is 0 Å². The highest BCUT2D eigenvalue weighted by Crippen LogP contribution is 2.34. The van der Waals surface area contributed by atoms with Gasteiger partial charge in [-0.05, 0) is 26.7 Å². The number of rotatable bonds is 7. The maximum absolute atomic E-state index is 9.14. The van der Waals surface area contributed by atoms with Crippen molar-refractivity contribution in [3.05, 3.63) is 0 Å². The third kappa shape index (κ3) is 3.32. The van der Waals surface area contributed by atoms with Gasteiger partial charge in [-0.3, -0.25) is 9.80 Å². The van der Waals surface area contributed by atoms with Gasteiger partial charge in [-0.25, -0.2) is 0 Å². The Labute approximate surface area is 121 Å². The number of aliphatic hydroxyl groups excluding tert-OH is 2. The Hall–Kier alpha value is -0.240. The second-order valence-corrected chi connectivity index (χ2v) is 5.97. The molecule has 0 radical (unpaired) electrons. The van der Waals surface area contributed by atoms with Gasteiger partial charge >= 0.3 is 0 Å². The first kappa shape index (κ1) is 16.1. The first-order chi connectivity index (χ1) is 9.54. The number of aliphatic hydroxyl groups is 2. The monoisotopic (exact) mass is 288 g/mol. The summed E-state index contributed by atoms with van der Waals surface area (Å²) in [6.07, 6.45) is 1.71. The molecule has 0 bridgehead atoms. The van der Waals surface area contributed by atoms with Gasteiger partial charge in [0.05, 0.1) is 26.4 Å². The van der Waals surface area contributed by atoms with Gasteiger partial charge in [-0.2, -0.15) is 0 Å². The van der Waals surface area contributed by atoms with Crippen LogP contribution in [0.4, 0.5) is 0 Å². The van der Waals surface area contributed by atoms with Crippen molar-refractivity contribution in [3.8, 4) is 0 Å². The van der Waals surface area contributed by atoms with Crippen molar-refractivity contribution in [2.75, 3.05) is 52.6 Å². The van der Waals surface area contributed by atoms with Gasteiger partial charge < -0.3 is 19.7 Å². The van der Waals surface area contributed by atoms with E-state index in [1.807, 2.05) is 0 Å². The fourth-order valence-electron chi connectivity index (χ4n) is 3.27. The SMILES string of the molecule is CC1(CCC2(C)OCCN2CCO)OCCN1CCO. The number of nitrogens with zero attached hydrogens (tertiary/aromatic N) is 2. The largest absolute Gasteiger partial charge is 0.395 e. The average molecular weight is 288 g/mol. The van der Waals surface area contributed by atoms with Crippen LogP contribution in [0.3, 0.4) is 0 Å². The molecule has 2 aliphatic heterocycles. The molecule has 0 aromatic heterocycles. The molecule has 2 N–H and O–H groups in total. The lowest BCUT2D eigenvalue weighted by molar-refractivity contribution is -0.120. The number of ether oxygens (including phenoxy) is 2. The summed E-state index contributed by atoms with van der Waals surface area (Å²) in [5, 5.41) is 18.3. The smallest absolute Gasteiger partial charge is 0.119 e. The summed E-state index contributed by atoms with van der Waals surface area (Å²) in [5.74, 6) is 0. The molecule has 0 amide bonds. The Kier molecular flexibility index (Phi) is 5.39. The van der Waals surface area contributed by atoms with Crippen LogP contribution < -0.4 is 0 Å². The molecule has 0 aromatic carbocycles. The van der Waals surface area contributed by atoms with Crippen LogP contribution in [0.2, 0.25) is 0 Å². The van der Waals surface area contributed by atoms with Crippen LogP contribution in [0, 0.1) is 0 Å². The lowest BCUT2D eigenvalue weighted by Gasteiger charge is -2.39. The van der Waals surface area contributed by atoms with Crippen molar-refractivity contribution in [3.63, 3.8) is 0 Å². The first-order valence-corrected chi connectivity index (χ1v) is 7.54. The Morgan fingerprint density at radius 3 is 1.60 bits per heavy atom. The van der Waals surface area contributed by atoms with E-state index in [0.717, 1.165) is 25.9 Å². The highest BCUT2D eigenvalue weighted by atomic mass is 16.5. The molecule has 2 atom stereocenters. The Balaban J connectivity index is 1.93. The van der Waals surface area contributed by atoms with E-state index in [4.69, 9.17) is 19.7 Å². The maximum atomic E-state index is 9.14. The summed E-state index contributed by atoms with van der Waals surface area (Å²) < 4.78 is 11.8. The molecule has 0 aliphatic carbocycles. The summed E-state index contributed by atoms with van der Waals surface area (Å²) >= 11 is 0. The van der Waals surface area contributed by atoms with Crippen LogP contribution in [0.1, 0.15) is 26.7 Å². The number of hydrogen-bond donors (Lipinski definition) is 2. The zero-order valence-corrected chi connectivity index (χ0v) is 12.7. The van der Waals surface area contributed by atoms with E-state index in [-0.39, 0.29) is 24.7 Å². The normalized spacial score (nSPS) is 36.0. The molecule has 2 heterocycles. The standard InChI is InChI=1S/C14H28N2O4/c1-13(15(5-9-17)7-11-19-13)3-4-14(2)16(6-10-18)8-12-20-14/h17-18H,3-12H2,1-2H3. The maximum Gasteiger partial charge on any atom is 0.119 e. The lowest BCUT2D eigenvalue weighted by atomic mass is 10.0. The van der Waals surface area contributed by atoms with Gasteiger partial charge in [0.15, 0.2) is 0 Å². The van der Waals surface area contributed by atoms with Gasteiger partial charge in [0.1, 0.15) is 11.4 Å². The van der Waals surface area contributed by atoms with Crippen LogP contribution >= 0.6 is 0 Å². The van der Waals surface area contributed by atoms with Crippen molar-refractivity contribution < 1.29 is 19.7 Å². The molecule has 2 saturated heterocycles. The molecule has 0 spiro atoms. The molecule has 2 unspecified atom stereocenters. The van der Waals surface area contributed by atoms with E-state index >= 15 is 0 Å². The predicted octanol–water partition coefficient (Wildman–Crippen LogP) is -0.152. The van der Waals surface area contributed by atoms with Gasteiger partial charge in [-0.1, -0.05) is 0 Å². The number of hydrogen-bond acceptors (Lipinski definition) is 6. The second kappa shape index (κ2) is 6.68. The second-order valence-electron chi connectivity index (χ2n) is 5.97. The zero-order chi connectivity index (χ0) is 14.6. The van der Waals surface area contributed by atoms with Crippen molar-refractivity contribution in [1.82, 2.24) is 9.80 Å². The quantitative estimate of drug-likeness (QED) is 0.679. The van der Waals surface area contributed by atoms with Crippen LogP contribution in [0.25, 0.3) is 0 Å². The molecule has 2 rings (SSSR count). The molecular weight excluding hydrogens is 260 g/mol. The summed E-state index contributed by atoms with van der Waals surface area (Å²) in [6, 6.07) is 0. The molecule has 0 saturated carbocycles. The fourth-order valence-corrected chi connectivity index (χ4v) is 3.27. The van der Waals surface area contributed by atoms with Crippen molar-refractivity contribution in [2.45, 2.75) is 38.1 Å². The molecule has 2 aliphatic rings. The van der Waals surface area contributed by atoms with E-state index in [9.17, 15) is 0 Å². The van der Waals surface area contributed by atoms with Gasteiger partial charge in [0.25, 0.3) is 0 Å². The summed E-state index contributed by atoms with van der Waals surface area (Å²) in [5.41, 5.74) is -0.634. The third-order valence-corrected chi connectivity index (χ3v) is 4.68.